The number of carbonyl (C=O) groups is 8. The second kappa shape index (κ2) is 17.1. The van der Waals surface area contributed by atoms with Gasteiger partial charge in [-0.25, -0.2) is 0 Å². The molecule has 0 bridgehead atoms. The molecule has 3 aliphatic rings. The van der Waals surface area contributed by atoms with Crippen molar-refractivity contribution in [1.29, 1.82) is 0 Å². The molecule has 1 aromatic rings. The lowest BCUT2D eigenvalue weighted by Crippen LogP contribution is -2.59. The molecule has 8 N–H and O–H groups in total. The number of rotatable bonds is 6. The number of nitrogens with zero attached hydrogens (tertiary/aromatic N) is 2. The number of hydrogen-bond donors (Lipinski definition) is 7. The summed E-state index contributed by atoms with van der Waals surface area (Å²) < 4.78 is 0. The molecule has 3 saturated heterocycles. The molecule has 17 heteroatoms. The first-order valence-corrected chi connectivity index (χ1v) is 17.4. The van der Waals surface area contributed by atoms with E-state index in [0.717, 1.165) is 0 Å². The van der Waals surface area contributed by atoms with Gasteiger partial charge in [0.1, 0.15) is 42.0 Å². The smallest absolute Gasteiger partial charge is 0.246 e. The Kier molecular flexibility index (Phi) is 13.0. The minimum atomic E-state index is -1.46. The van der Waals surface area contributed by atoms with Crippen molar-refractivity contribution in [2.75, 3.05) is 19.6 Å². The van der Waals surface area contributed by atoms with Crippen molar-refractivity contribution in [3.63, 3.8) is 0 Å². The summed E-state index contributed by atoms with van der Waals surface area (Å²) in [6, 6.07) is -0.949. The zero-order valence-electron chi connectivity index (χ0n) is 29.1. The molecule has 0 unspecified atom stereocenters. The number of carbonyl (C=O) groups excluding carboxylic acids is 8. The molecule has 3 fully saturated rings. The van der Waals surface area contributed by atoms with Crippen LogP contribution in [0.2, 0.25) is 0 Å². The molecule has 3 aliphatic heterocycles. The Morgan fingerprint density at radius 3 is 2.02 bits per heavy atom. The predicted molar refractivity (Wildman–Crippen MR) is 181 cm³/mol. The Morgan fingerprint density at radius 1 is 0.824 bits per heavy atom. The van der Waals surface area contributed by atoms with Crippen LogP contribution in [-0.4, -0.2) is 118 Å². The number of nitrogens with two attached hydrogens (primary N) is 1. The number of phenolic OH excluding ortho intramolecular Hbond substituents is 1. The fourth-order valence-electron chi connectivity index (χ4n) is 6.60. The fourth-order valence-corrected chi connectivity index (χ4v) is 6.60. The highest BCUT2D eigenvalue weighted by molar-refractivity contribution is 5.99. The molecule has 3 heterocycles. The maximum atomic E-state index is 14.0. The van der Waals surface area contributed by atoms with Crippen LogP contribution < -0.4 is 32.3 Å². The van der Waals surface area contributed by atoms with Crippen LogP contribution in [0.1, 0.15) is 64.9 Å². The molecular formula is C34H48N8O9. The highest BCUT2D eigenvalue weighted by Crippen LogP contribution is 2.23. The molecule has 1 aromatic carbocycles. The van der Waals surface area contributed by atoms with E-state index in [-0.39, 0.29) is 37.6 Å². The quantitative estimate of drug-likeness (QED) is 0.171. The summed E-state index contributed by atoms with van der Waals surface area (Å²) in [5.41, 5.74) is 5.98. The monoisotopic (exact) mass is 712 g/mol. The minimum Gasteiger partial charge on any atom is -0.508 e. The number of amides is 8. The lowest BCUT2D eigenvalue weighted by Gasteiger charge is -2.32. The molecule has 0 saturated carbocycles. The first-order chi connectivity index (χ1) is 24.2. The van der Waals surface area contributed by atoms with Crippen LogP contribution in [0, 0.1) is 5.92 Å². The number of hydrogen-bond acceptors (Lipinski definition) is 9. The summed E-state index contributed by atoms with van der Waals surface area (Å²) in [5.74, 6) is -5.94. The highest BCUT2D eigenvalue weighted by Gasteiger charge is 2.42. The van der Waals surface area contributed by atoms with Gasteiger partial charge >= 0.3 is 0 Å². The third-order valence-electron chi connectivity index (χ3n) is 9.68. The van der Waals surface area contributed by atoms with Gasteiger partial charge in [-0.2, -0.15) is 0 Å². The van der Waals surface area contributed by atoms with Crippen LogP contribution in [0.3, 0.4) is 0 Å². The first-order valence-electron chi connectivity index (χ1n) is 17.4. The number of nitrogens with one attached hydrogen (secondary N) is 5. The number of fused-ring (bicyclic) bond motifs is 2. The number of aromatic hydroxyl groups is 1. The Bertz CT molecular complexity index is 1520. The maximum absolute atomic E-state index is 14.0. The molecule has 4 rings (SSSR count). The summed E-state index contributed by atoms with van der Waals surface area (Å²) in [6.07, 6.45) is 1.38. The molecule has 0 aromatic heterocycles. The summed E-state index contributed by atoms with van der Waals surface area (Å²) in [4.78, 5) is 109. The van der Waals surface area contributed by atoms with Gasteiger partial charge in [0.05, 0.1) is 13.0 Å². The van der Waals surface area contributed by atoms with E-state index in [4.69, 9.17) is 5.73 Å². The molecule has 0 aliphatic carbocycles. The number of benzene rings is 1. The van der Waals surface area contributed by atoms with E-state index < -0.39 is 96.5 Å². The Labute approximate surface area is 295 Å². The lowest BCUT2D eigenvalue weighted by molar-refractivity contribution is -0.143. The van der Waals surface area contributed by atoms with E-state index in [9.17, 15) is 43.5 Å². The van der Waals surface area contributed by atoms with Crippen LogP contribution in [0.4, 0.5) is 0 Å². The third-order valence-corrected chi connectivity index (χ3v) is 9.68. The van der Waals surface area contributed by atoms with Gasteiger partial charge in [0, 0.05) is 19.5 Å². The van der Waals surface area contributed by atoms with Crippen LogP contribution in [-0.2, 0) is 44.8 Å². The predicted octanol–water partition coefficient (Wildman–Crippen LogP) is -2.07. The zero-order valence-corrected chi connectivity index (χ0v) is 29.1. The summed E-state index contributed by atoms with van der Waals surface area (Å²) in [5, 5.41) is 22.8. The fraction of sp³-hybridized carbons (Fsp3) is 0.588. The van der Waals surface area contributed by atoms with Crippen LogP contribution in [0.25, 0.3) is 0 Å². The van der Waals surface area contributed by atoms with E-state index in [1.165, 1.54) is 28.9 Å². The minimum absolute atomic E-state index is 0.00651. The van der Waals surface area contributed by atoms with Gasteiger partial charge in [0.25, 0.3) is 0 Å². The van der Waals surface area contributed by atoms with Gasteiger partial charge in [-0.15, -0.1) is 0 Å². The molecule has 0 radical (unpaired) electrons. The van der Waals surface area contributed by atoms with Crippen molar-refractivity contribution >= 4 is 47.3 Å². The second-order valence-electron chi connectivity index (χ2n) is 13.4. The van der Waals surface area contributed by atoms with Crippen molar-refractivity contribution in [2.45, 2.75) is 102 Å². The highest BCUT2D eigenvalue weighted by atomic mass is 16.3. The van der Waals surface area contributed by atoms with Crippen molar-refractivity contribution in [3.05, 3.63) is 29.8 Å². The van der Waals surface area contributed by atoms with Crippen LogP contribution >= 0.6 is 0 Å². The van der Waals surface area contributed by atoms with E-state index in [0.29, 0.717) is 31.2 Å². The molecule has 8 amide bonds. The number of primary amides is 1. The largest absolute Gasteiger partial charge is 0.508 e. The van der Waals surface area contributed by atoms with Gasteiger partial charge in [-0.1, -0.05) is 32.4 Å². The van der Waals surface area contributed by atoms with E-state index in [2.05, 4.69) is 26.6 Å². The van der Waals surface area contributed by atoms with Crippen molar-refractivity contribution in [2.24, 2.45) is 11.7 Å². The van der Waals surface area contributed by atoms with Crippen LogP contribution in [0.15, 0.2) is 24.3 Å². The molecular weight excluding hydrogens is 664 g/mol. The molecule has 7 atom stereocenters. The Balaban J connectivity index is 1.69. The van der Waals surface area contributed by atoms with E-state index >= 15 is 0 Å². The number of phenols is 1. The second-order valence-corrected chi connectivity index (χ2v) is 13.4. The van der Waals surface area contributed by atoms with E-state index in [1.807, 2.05) is 6.92 Å². The van der Waals surface area contributed by atoms with Gasteiger partial charge in [0.15, 0.2) is 0 Å². The zero-order chi connectivity index (χ0) is 37.4. The third kappa shape index (κ3) is 9.73. The van der Waals surface area contributed by atoms with Crippen molar-refractivity contribution < 1.29 is 43.5 Å². The topological polar surface area (TPSA) is 249 Å². The Hall–Kier alpha value is -5.22. The molecule has 278 valence electrons. The van der Waals surface area contributed by atoms with E-state index in [1.54, 1.807) is 19.1 Å². The molecule has 0 spiro atoms. The molecule has 17 nitrogen and oxygen atoms in total. The van der Waals surface area contributed by atoms with Gasteiger partial charge in [0.2, 0.25) is 47.3 Å². The van der Waals surface area contributed by atoms with Crippen molar-refractivity contribution in [3.8, 4) is 5.75 Å². The molecule has 51 heavy (non-hydrogen) atoms. The van der Waals surface area contributed by atoms with Crippen LogP contribution in [0.5, 0.6) is 5.75 Å². The SMILES string of the molecule is CC[C@@H](C)[C@@H]1NC(=O)CNC(=O)[C@@H]2CCCN2C(=O)[C@H](CC(N)=O)NC(=O)[C@H](C)NC(=O)[C@H](Cc2ccc(O)cc2)NC(=O)[C@@H]2CCCN2C1=O. The van der Waals surface area contributed by atoms with Crippen molar-refractivity contribution in [1.82, 2.24) is 36.4 Å². The average Bonchev–Trinajstić information content (AvgIpc) is 3.79. The van der Waals surface area contributed by atoms with Gasteiger partial charge < -0.3 is 47.2 Å². The normalized spacial score (nSPS) is 27.9. The first kappa shape index (κ1) is 38.6. The summed E-state index contributed by atoms with van der Waals surface area (Å²) >= 11 is 0. The summed E-state index contributed by atoms with van der Waals surface area (Å²) in [7, 11) is 0. The maximum Gasteiger partial charge on any atom is 0.246 e. The Morgan fingerprint density at radius 2 is 1.41 bits per heavy atom. The van der Waals surface area contributed by atoms with Gasteiger partial charge in [-0.05, 0) is 56.2 Å². The van der Waals surface area contributed by atoms with Gasteiger partial charge in [-0.3, -0.25) is 38.4 Å². The lowest BCUT2D eigenvalue weighted by atomic mass is 9.97. The summed E-state index contributed by atoms with van der Waals surface area (Å²) in [6.45, 7) is 4.88. The average molecular weight is 713 g/mol. The standard InChI is InChI=1S/C34H48N8O9/c1-4-18(2)28-34(51)42-14-6-8-25(42)32(49)38-22(15-20-9-11-21(43)12-10-20)30(47)37-19(3)29(46)39-23(16-26(35)44)33(50)41-13-5-7-24(41)31(48)36-17-27(45)40-28/h9-12,18-19,22-25,28,43H,4-8,13-17H2,1-3H3,(H2,35,44)(H,36,48)(H,37,47)(H,38,49)(H,39,46)(H,40,45)/t18-,19+,22+,23+,24+,25+,28+/m1/s1.